The van der Waals surface area contributed by atoms with Gasteiger partial charge < -0.3 is 5.32 Å². The molecule has 2 aromatic rings. The maximum Gasteiger partial charge on any atom is 0.125 e. The first-order valence-corrected chi connectivity index (χ1v) is 5.04. The van der Waals surface area contributed by atoms with Crippen LogP contribution in [0.1, 0.15) is 18.7 Å². The van der Waals surface area contributed by atoms with E-state index in [9.17, 15) is 4.39 Å². The summed E-state index contributed by atoms with van der Waals surface area (Å²) in [5.41, 5.74) is 1.56. The van der Waals surface area contributed by atoms with Crippen LogP contribution in [0.3, 0.4) is 0 Å². The summed E-state index contributed by atoms with van der Waals surface area (Å²) in [5, 5.41) is 3.16. The van der Waals surface area contributed by atoms with Crippen molar-refractivity contribution in [2.45, 2.75) is 13.0 Å². The third-order valence-electron chi connectivity index (χ3n) is 2.23. The molecule has 1 aromatic carbocycles. The van der Waals surface area contributed by atoms with Crippen LogP contribution in [0.4, 0.5) is 10.1 Å². The maximum atomic E-state index is 13.0. The molecular formula is C12H12FN3. The van der Waals surface area contributed by atoms with Crippen molar-refractivity contribution < 1.29 is 4.39 Å². The van der Waals surface area contributed by atoms with E-state index in [1.807, 2.05) is 13.0 Å². The molecule has 0 aliphatic heterocycles. The fraction of sp³-hybridized carbons (Fsp3) is 0.167. The van der Waals surface area contributed by atoms with E-state index in [0.29, 0.717) is 0 Å². The molecule has 1 atom stereocenters. The Hall–Kier alpha value is -1.97. The Morgan fingerprint density at radius 1 is 1.31 bits per heavy atom. The lowest BCUT2D eigenvalue weighted by molar-refractivity contribution is 0.628. The number of aromatic nitrogens is 2. The van der Waals surface area contributed by atoms with Crippen molar-refractivity contribution in [3.05, 3.63) is 54.4 Å². The van der Waals surface area contributed by atoms with Gasteiger partial charge in [0.2, 0.25) is 0 Å². The molecule has 0 saturated carbocycles. The van der Waals surface area contributed by atoms with Gasteiger partial charge in [0.15, 0.2) is 0 Å². The molecule has 0 bridgehead atoms. The summed E-state index contributed by atoms with van der Waals surface area (Å²) in [6.45, 7) is 1.95. The van der Waals surface area contributed by atoms with Gasteiger partial charge in [-0.05, 0) is 25.1 Å². The molecule has 1 aromatic heterocycles. The molecule has 82 valence electrons. The first kappa shape index (κ1) is 10.5. The molecule has 0 aliphatic rings. The Kier molecular flexibility index (Phi) is 3.10. The van der Waals surface area contributed by atoms with Gasteiger partial charge >= 0.3 is 0 Å². The molecule has 1 heterocycles. The van der Waals surface area contributed by atoms with Crippen LogP contribution in [-0.2, 0) is 0 Å². The molecule has 3 nitrogen and oxygen atoms in total. The van der Waals surface area contributed by atoms with E-state index >= 15 is 0 Å². The summed E-state index contributed by atoms with van der Waals surface area (Å²) < 4.78 is 13.0. The number of nitrogens with zero attached hydrogens (tertiary/aromatic N) is 2. The van der Waals surface area contributed by atoms with Gasteiger partial charge in [0.05, 0.1) is 17.9 Å². The average molecular weight is 217 g/mol. The number of nitrogens with one attached hydrogen (secondary N) is 1. The smallest absolute Gasteiger partial charge is 0.125 e. The number of hydrogen-bond acceptors (Lipinski definition) is 3. The van der Waals surface area contributed by atoms with Gasteiger partial charge in [-0.3, -0.25) is 9.97 Å². The van der Waals surface area contributed by atoms with Crippen molar-refractivity contribution >= 4 is 5.69 Å². The monoisotopic (exact) mass is 217 g/mol. The molecule has 0 fully saturated rings. The molecule has 0 saturated heterocycles. The number of halogens is 1. The van der Waals surface area contributed by atoms with Crippen molar-refractivity contribution in [2.24, 2.45) is 0 Å². The van der Waals surface area contributed by atoms with Crippen LogP contribution in [0.25, 0.3) is 0 Å². The zero-order valence-electron chi connectivity index (χ0n) is 8.89. The van der Waals surface area contributed by atoms with E-state index in [-0.39, 0.29) is 11.9 Å². The lowest BCUT2D eigenvalue weighted by Gasteiger charge is -2.14. The number of rotatable bonds is 3. The van der Waals surface area contributed by atoms with Crippen molar-refractivity contribution in [2.75, 3.05) is 5.32 Å². The van der Waals surface area contributed by atoms with Gasteiger partial charge in [0.1, 0.15) is 5.82 Å². The normalized spacial score (nSPS) is 12.1. The minimum Gasteiger partial charge on any atom is -0.377 e. The molecule has 16 heavy (non-hydrogen) atoms. The van der Waals surface area contributed by atoms with Crippen molar-refractivity contribution in [1.29, 1.82) is 0 Å². The Bertz CT molecular complexity index is 459. The SMILES string of the molecule is CC(Nc1cccc(F)c1)c1cnccn1. The van der Waals surface area contributed by atoms with Crippen LogP contribution >= 0.6 is 0 Å². The lowest BCUT2D eigenvalue weighted by Crippen LogP contribution is -2.08. The van der Waals surface area contributed by atoms with Crippen LogP contribution in [-0.4, -0.2) is 9.97 Å². The van der Waals surface area contributed by atoms with E-state index in [1.165, 1.54) is 12.1 Å². The summed E-state index contributed by atoms with van der Waals surface area (Å²) in [7, 11) is 0. The summed E-state index contributed by atoms with van der Waals surface area (Å²) >= 11 is 0. The van der Waals surface area contributed by atoms with E-state index in [4.69, 9.17) is 0 Å². The number of anilines is 1. The largest absolute Gasteiger partial charge is 0.377 e. The first-order chi connectivity index (χ1) is 7.75. The quantitative estimate of drug-likeness (QED) is 0.859. The van der Waals surface area contributed by atoms with Gasteiger partial charge in [-0.25, -0.2) is 4.39 Å². The fourth-order valence-corrected chi connectivity index (χ4v) is 1.44. The minimum absolute atomic E-state index is 0.00417. The third-order valence-corrected chi connectivity index (χ3v) is 2.23. The highest BCUT2D eigenvalue weighted by molar-refractivity contribution is 5.44. The van der Waals surface area contributed by atoms with E-state index < -0.39 is 0 Å². The van der Waals surface area contributed by atoms with Gasteiger partial charge in [-0.1, -0.05) is 6.07 Å². The molecule has 0 radical (unpaired) electrons. The standard InChI is InChI=1S/C12H12FN3/c1-9(12-8-14-5-6-15-12)16-11-4-2-3-10(13)7-11/h2-9,16H,1H3. The Labute approximate surface area is 93.4 Å². The topological polar surface area (TPSA) is 37.8 Å². The zero-order chi connectivity index (χ0) is 11.4. The highest BCUT2D eigenvalue weighted by Gasteiger charge is 2.06. The van der Waals surface area contributed by atoms with Crippen molar-refractivity contribution in [3.8, 4) is 0 Å². The van der Waals surface area contributed by atoms with Gasteiger partial charge in [0, 0.05) is 18.1 Å². The van der Waals surface area contributed by atoms with E-state index in [2.05, 4.69) is 15.3 Å². The Balaban J connectivity index is 2.11. The van der Waals surface area contributed by atoms with E-state index in [0.717, 1.165) is 11.4 Å². The molecule has 1 N–H and O–H groups in total. The Morgan fingerprint density at radius 2 is 2.19 bits per heavy atom. The molecule has 0 spiro atoms. The second-order valence-electron chi connectivity index (χ2n) is 3.51. The molecular weight excluding hydrogens is 205 g/mol. The van der Waals surface area contributed by atoms with Crippen LogP contribution < -0.4 is 5.32 Å². The van der Waals surface area contributed by atoms with E-state index in [1.54, 1.807) is 24.7 Å². The van der Waals surface area contributed by atoms with Gasteiger partial charge in [-0.2, -0.15) is 0 Å². The van der Waals surface area contributed by atoms with Crippen molar-refractivity contribution in [1.82, 2.24) is 9.97 Å². The fourth-order valence-electron chi connectivity index (χ4n) is 1.44. The molecule has 1 unspecified atom stereocenters. The average Bonchev–Trinajstić information content (AvgIpc) is 2.30. The number of benzene rings is 1. The predicted octanol–water partition coefficient (Wildman–Crippen LogP) is 2.79. The highest BCUT2D eigenvalue weighted by atomic mass is 19.1. The second kappa shape index (κ2) is 4.70. The maximum absolute atomic E-state index is 13.0. The number of hydrogen-bond donors (Lipinski definition) is 1. The van der Waals surface area contributed by atoms with Gasteiger partial charge in [-0.15, -0.1) is 0 Å². The Morgan fingerprint density at radius 3 is 2.88 bits per heavy atom. The molecule has 4 heteroatoms. The summed E-state index contributed by atoms with van der Waals surface area (Å²) in [4.78, 5) is 8.17. The van der Waals surface area contributed by atoms with Crippen LogP contribution in [0.5, 0.6) is 0 Å². The van der Waals surface area contributed by atoms with Crippen LogP contribution in [0, 0.1) is 5.82 Å². The van der Waals surface area contributed by atoms with Crippen molar-refractivity contribution in [3.63, 3.8) is 0 Å². The highest BCUT2D eigenvalue weighted by Crippen LogP contribution is 2.17. The molecule has 2 rings (SSSR count). The molecule has 0 amide bonds. The summed E-state index contributed by atoms with van der Waals surface area (Å²) in [5.74, 6) is -0.253. The van der Waals surface area contributed by atoms with Crippen LogP contribution in [0.15, 0.2) is 42.9 Å². The second-order valence-corrected chi connectivity index (χ2v) is 3.51. The molecule has 0 aliphatic carbocycles. The minimum atomic E-state index is -0.253. The first-order valence-electron chi connectivity index (χ1n) is 5.04. The predicted molar refractivity (Wildman–Crippen MR) is 60.5 cm³/mol. The lowest BCUT2D eigenvalue weighted by atomic mass is 10.2. The third kappa shape index (κ3) is 2.53. The van der Waals surface area contributed by atoms with Crippen LogP contribution in [0.2, 0.25) is 0 Å². The summed E-state index contributed by atoms with van der Waals surface area (Å²) in [6, 6.07) is 6.35. The van der Waals surface area contributed by atoms with Gasteiger partial charge in [0.25, 0.3) is 0 Å². The summed E-state index contributed by atoms with van der Waals surface area (Å²) in [6.07, 6.45) is 4.95. The zero-order valence-corrected chi connectivity index (χ0v) is 8.89.